The van der Waals surface area contributed by atoms with Gasteiger partial charge in [0.25, 0.3) is 0 Å². The average molecular weight is 308 g/mol. The van der Waals surface area contributed by atoms with E-state index in [2.05, 4.69) is 0 Å². The van der Waals surface area contributed by atoms with Crippen LogP contribution in [0.1, 0.15) is 58.3 Å². The van der Waals surface area contributed by atoms with Crippen LogP contribution < -0.4 is 0 Å². The number of allylic oxidation sites excluding steroid dienone is 3. The second kappa shape index (κ2) is 10.3. The third-order valence-corrected chi connectivity index (χ3v) is 4.18. The lowest BCUT2D eigenvalue weighted by Gasteiger charge is -2.15. The smallest absolute Gasteiger partial charge is 0.303 e. The second-order valence-corrected chi connectivity index (χ2v) is 6.01. The monoisotopic (exact) mass is 308 g/mol. The number of carboxylic acid groups (broad SMARTS) is 1. The molecule has 0 radical (unpaired) electrons. The van der Waals surface area contributed by atoms with E-state index in [1.807, 2.05) is 19.1 Å². The third-order valence-electron chi connectivity index (χ3n) is 4.18. The first-order chi connectivity index (χ1) is 10.5. The van der Waals surface area contributed by atoms with Gasteiger partial charge in [0.05, 0.1) is 6.10 Å². The average Bonchev–Trinajstić information content (AvgIpc) is 2.83. The largest absolute Gasteiger partial charge is 0.481 e. The molecule has 4 nitrogen and oxygen atoms in total. The first-order valence-electron chi connectivity index (χ1n) is 8.34. The molecule has 0 saturated heterocycles. The minimum Gasteiger partial charge on any atom is -0.481 e. The van der Waals surface area contributed by atoms with Crippen molar-refractivity contribution in [3.05, 3.63) is 24.3 Å². The summed E-state index contributed by atoms with van der Waals surface area (Å²) in [7, 11) is 0. The Labute approximate surface area is 132 Å². The van der Waals surface area contributed by atoms with E-state index in [-0.39, 0.29) is 24.0 Å². The van der Waals surface area contributed by atoms with E-state index in [0.717, 1.165) is 38.5 Å². The standard InChI is InChI=1S/C18H28O4/c1-2-15(19)11-12-16-14(10-13-17(16)20)8-6-4-3-5-7-9-18(21)22/h10-16,19H,2-9H2,1H3,(H,21,22)/b12-11+/t14-,15-,16-/m1/s1. The number of aliphatic carboxylic acids is 1. The van der Waals surface area contributed by atoms with Gasteiger partial charge in [0, 0.05) is 12.3 Å². The van der Waals surface area contributed by atoms with Crippen molar-refractivity contribution in [3.63, 3.8) is 0 Å². The van der Waals surface area contributed by atoms with Gasteiger partial charge < -0.3 is 10.2 Å². The third kappa shape index (κ3) is 7.03. The molecule has 0 aromatic rings. The fourth-order valence-electron chi connectivity index (χ4n) is 2.74. The van der Waals surface area contributed by atoms with Gasteiger partial charge in [-0.15, -0.1) is 0 Å². The quantitative estimate of drug-likeness (QED) is 0.452. The van der Waals surface area contributed by atoms with Gasteiger partial charge in [0.15, 0.2) is 5.78 Å². The van der Waals surface area contributed by atoms with E-state index >= 15 is 0 Å². The number of carboxylic acids is 1. The van der Waals surface area contributed by atoms with Crippen molar-refractivity contribution >= 4 is 11.8 Å². The van der Waals surface area contributed by atoms with E-state index < -0.39 is 12.1 Å². The molecule has 0 saturated carbocycles. The number of rotatable bonds is 11. The number of carbonyl (C=O) groups excluding carboxylic acids is 1. The first kappa shape index (κ1) is 18.6. The Kier molecular flexibility index (Phi) is 8.75. The van der Waals surface area contributed by atoms with Gasteiger partial charge in [-0.2, -0.15) is 0 Å². The van der Waals surface area contributed by atoms with Gasteiger partial charge in [0.2, 0.25) is 0 Å². The number of hydrogen-bond acceptors (Lipinski definition) is 3. The Bertz CT molecular complexity index is 411. The molecule has 0 heterocycles. The topological polar surface area (TPSA) is 74.6 Å². The summed E-state index contributed by atoms with van der Waals surface area (Å²) in [5, 5.41) is 18.1. The highest BCUT2D eigenvalue weighted by Gasteiger charge is 2.27. The lowest BCUT2D eigenvalue weighted by atomic mass is 9.89. The van der Waals surface area contributed by atoms with Gasteiger partial charge in [-0.1, -0.05) is 50.8 Å². The van der Waals surface area contributed by atoms with Gasteiger partial charge in [-0.3, -0.25) is 9.59 Å². The van der Waals surface area contributed by atoms with Crippen molar-refractivity contribution in [1.82, 2.24) is 0 Å². The van der Waals surface area contributed by atoms with Crippen LogP contribution >= 0.6 is 0 Å². The molecule has 0 unspecified atom stereocenters. The van der Waals surface area contributed by atoms with Crippen LogP contribution in [0.25, 0.3) is 0 Å². The number of unbranched alkanes of at least 4 members (excludes halogenated alkanes) is 4. The van der Waals surface area contributed by atoms with E-state index in [1.165, 1.54) is 0 Å². The number of ketones is 1. The van der Waals surface area contributed by atoms with Crippen molar-refractivity contribution in [2.75, 3.05) is 0 Å². The number of aliphatic hydroxyl groups excluding tert-OH is 1. The van der Waals surface area contributed by atoms with E-state index in [1.54, 1.807) is 12.2 Å². The minimum atomic E-state index is -0.724. The summed E-state index contributed by atoms with van der Waals surface area (Å²) in [5.74, 6) is -0.468. The molecule has 4 heteroatoms. The molecule has 0 aliphatic heterocycles. The van der Waals surface area contributed by atoms with Gasteiger partial charge >= 0.3 is 5.97 Å². The van der Waals surface area contributed by atoms with Crippen molar-refractivity contribution in [2.45, 2.75) is 64.4 Å². The van der Waals surface area contributed by atoms with Crippen molar-refractivity contribution in [3.8, 4) is 0 Å². The maximum Gasteiger partial charge on any atom is 0.303 e. The highest BCUT2D eigenvalue weighted by Crippen LogP contribution is 2.29. The predicted octanol–water partition coefficient (Wildman–Crippen LogP) is 3.50. The molecule has 2 N–H and O–H groups in total. The molecular formula is C18H28O4. The zero-order valence-corrected chi connectivity index (χ0v) is 13.4. The fraction of sp³-hybridized carbons (Fsp3) is 0.667. The maximum atomic E-state index is 11.8. The normalized spacial score (nSPS) is 22.5. The Balaban J connectivity index is 2.23. The molecule has 0 bridgehead atoms. The molecule has 1 aliphatic rings. The Morgan fingerprint density at radius 1 is 1.27 bits per heavy atom. The summed E-state index contributed by atoms with van der Waals surface area (Å²) in [6.07, 6.45) is 13.5. The summed E-state index contributed by atoms with van der Waals surface area (Å²) in [6, 6.07) is 0. The summed E-state index contributed by atoms with van der Waals surface area (Å²) < 4.78 is 0. The summed E-state index contributed by atoms with van der Waals surface area (Å²) in [6.45, 7) is 1.91. The minimum absolute atomic E-state index is 0.117. The predicted molar refractivity (Wildman–Crippen MR) is 86.5 cm³/mol. The van der Waals surface area contributed by atoms with Crippen LogP contribution in [0.3, 0.4) is 0 Å². The Hall–Kier alpha value is -1.42. The summed E-state index contributed by atoms with van der Waals surface area (Å²) in [4.78, 5) is 22.2. The molecule has 22 heavy (non-hydrogen) atoms. The fourth-order valence-corrected chi connectivity index (χ4v) is 2.74. The Morgan fingerprint density at radius 2 is 1.95 bits per heavy atom. The van der Waals surface area contributed by atoms with Gasteiger partial charge in [-0.05, 0) is 31.3 Å². The molecule has 0 aromatic heterocycles. The van der Waals surface area contributed by atoms with E-state index in [9.17, 15) is 14.7 Å². The second-order valence-electron chi connectivity index (χ2n) is 6.01. The van der Waals surface area contributed by atoms with Gasteiger partial charge in [0.1, 0.15) is 0 Å². The van der Waals surface area contributed by atoms with E-state index in [0.29, 0.717) is 6.42 Å². The number of carbonyl (C=O) groups is 2. The van der Waals surface area contributed by atoms with Gasteiger partial charge in [-0.25, -0.2) is 0 Å². The molecule has 1 aliphatic carbocycles. The zero-order chi connectivity index (χ0) is 16.4. The number of hydrogen-bond donors (Lipinski definition) is 2. The molecule has 0 amide bonds. The molecule has 0 spiro atoms. The van der Waals surface area contributed by atoms with Crippen LogP contribution in [-0.4, -0.2) is 28.1 Å². The van der Waals surface area contributed by atoms with Crippen LogP contribution in [0.4, 0.5) is 0 Å². The van der Waals surface area contributed by atoms with Crippen molar-refractivity contribution < 1.29 is 19.8 Å². The van der Waals surface area contributed by atoms with Crippen LogP contribution in [0.2, 0.25) is 0 Å². The lowest BCUT2D eigenvalue weighted by Crippen LogP contribution is -2.14. The van der Waals surface area contributed by atoms with Crippen LogP contribution in [-0.2, 0) is 9.59 Å². The molecule has 124 valence electrons. The highest BCUT2D eigenvalue weighted by molar-refractivity contribution is 5.95. The highest BCUT2D eigenvalue weighted by atomic mass is 16.4. The zero-order valence-electron chi connectivity index (χ0n) is 13.4. The number of aliphatic hydroxyl groups is 1. The van der Waals surface area contributed by atoms with Crippen molar-refractivity contribution in [2.24, 2.45) is 11.8 Å². The molecule has 1 rings (SSSR count). The Morgan fingerprint density at radius 3 is 2.64 bits per heavy atom. The molecular weight excluding hydrogens is 280 g/mol. The van der Waals surface area contributed by atoms with E-state index in [4.69, 9.17) is 5.11 Å². The molecule has 3 atom stereocenters. The lowest BCUT2D eigenvalue weighted by molar-refractivity contribution is -0.137. The molecule has 0 aromatic carbocycles. The first-order valence-corrected chi connectivity index (χ1v) is 8.34. The van der Waals surface area contributed by atoms with Crippen molar-refractivity contribution in [1.29, 1.82) is 0 Å². The van der Waals surface area contributed by atoms with Crippen LogP contribution in [0, 0.1) is 11.8 Å². The van der Waals surface area contributed by atoms with Crippen LogP contribution in [0.5, 0.6) is 0 Å². The van der Waals surface area contributed by atoms with Crippen LogP contribution in [0.15, 0.2) is 24.3 Å². The molecule has 0 fully saturated rings. The maximum absolute atomic E-state index is 11.8. The summed E-state index contributed by atoms with van der Waals surface area (Å²) >= 11 is 0. The summed E-state index contributed by atoms with van der Waals surface area (Å²) in [5.41, 5.74) is 0. The SMILES string of the molecule is CC[C@@H](O)/C=C/[C@H]1C(=O)C=C[C@H]1CCCCCCCC(=O)O.